The normalized spacial score (nSPS) is 16.5. The van der Waals surface area contributed by atoms with Gasteiger partial charge in [0.2, 0.25) is 0 Å². The Morgan fingerprint density at radius 3 is 2.79 bits per heavy atom. The maximum Gasteiger partial charge on any atom is 0.250 e. The molecule has 1 atom stereocenters. The number of nitrogens with zero attached hydrogens (tertiary/aromatic N) is 2. The van der Waals surface area contributed by atoms with Crippen molar-refractivity contribution < 1.29 is 0 Å². The smallest absolute Gasteiger partial charge is 0.250 e. The first kappa shape index (κ1) is 12.2. The SMILES string of the molecule is NC(c1ccn(CCn2ccccc2=O)c1)C1CC1. The minimum absolute atomic E-state index is 0.0459. The average molecular weight is 257 g/mol. The fourth-order valence-corrected chi connectivity index (χ4v) is 2.39. The molecule has 4 heteroatoms. The summed E-state index contributed by atoms with van der Waals surface area (Å²) >= 11 is 0. The van der Waals surface area contributed by atoms with Crippen LogP contribution < -0.4 is 11.3 Å². The van der Waals surface area contributed by atoms with Gasteiger partial charge in [-0.1, -0.05) is 6.07 Å². The third-order valence-corrected chi connectivity index (χ3v) is 3.79. The van der Waals surface area contributed by atoms with E-state index < -0.39 is 0 Å². The Bertz CT molecular complexity index is 610. The molecule has 0 aliphatic heterocycles. The van der Waals surface area contributed by atoms with Crippen LogP contribution in [0.15, 0.2) is 47.7 Å². The van der Waals surface area contributed by atoms with Crippen LogP contribution >= 0.6 is 0 Å². The van der Waals surface area contributed by atoms with Crippen LogP contribution in [0.2, 0.25) is 0 Å². The fourth-order valence-electron chi connectivity index (χ4n) is 2.39. The van der Waals surface area contributed by atoms with Crippen LogP contribution in [0.3, 0.4) is 0 Å². The molecule has 2 aromatic rings. The first-order valence-electron chi connectivity index (χ1n) is 6.81. The van der Waals surface area contributed by atoms with Gasteiger partial charge in [-0.05, 0) is 36.5 Å². The van der Waals surface area contributed by atoms with Crippen molar-refractivity contribution in [3.63, 3.8) is 0 Å². The van der Waals surface area contributed by atoms with Crippen LogP contribution in [0.5, 0.6) is 0 Å². The van der Waals surface area contributed by atoms with Crippen LogP contribution in [0.4, 0.5) is 0 Å². The zero-order chi connectivity index (χ0) is 13.2. The zero-order valence-corrected chi connectivity index (χ0v) is 10.9. The average Bonchev–Trinajstić information content (AvgIpc) is 3.16. The molecule has 2 heterocycles. The standard InChI is InChI=1S/C15H19N3O/c16-15(12-4-5-12)13-6-8-17(11-13)9-10-18-7-2-1-3-14(18)19/h1-3,6-8,11-12,15H,4-5,9-10,16H2. The molecule has 1 aliphatic rings. The van der Waals surface area contributed by atoms with E-state index in [0.717, 1.165) is 6.54 Å². The molecular weight excluding hydrogens is 238 g/mol. The van der Waals surface area contributed by atoms with E-state index in [4.69, 9.17) is 5.73 Å². The second-order valence-electron chi connectivity index (χ2n) is 5.28. The Morgan fingerprint density at radius 1 is 1.21 bits per heavy atom. The third-order valence-electron chi connectivity index (χ3n) is 3.79. The van der Waals surface area contributed by atoms with E-state index >= 15 is 0 Å². The van der Waals surface area contributed by atoms with E-state index in [0.29, 0.717) is 12.5 Å². The molecule has 0 amide bonds. The lowest BCUT2D eigenvalue weighted by atomic mass is 10.1. The number of hydrogen-bond acceptors (Lipinski definition) is 2. The predicted octanol–water partition coefficient (Wildman–Crippen LogP) is 1.76. The highest BCUT2D eigenvalue weighted by molar-refractivity contribution is 5.17. The van der Waals surface area contributed by atoms with E-state index in [1.54, 1.807) is 16.7 Å². The van der Waals surface area contributed by atoms with Crippen LogP contribution in [0, 0.1) is 5.92 Å². The van der Waals surface area contributed by atoms with E-state index in [1.807, 2.05) is 18.5 Å². The first-order chi connectivity index (χ1) is 9.24. The number of nitrogens with two attached hydrogens (primary N) is 1. The van der Waals surface area contributed by atoms with Crippen molar-refractivity contribution in [2.45, 2.75) is 32.0 Å². The van der Waals surface area contributed by atoms with Crippen molar-refractivity contribution >= 4 is 0 Å². The minimum Gasteiger partial charge on any atom is -0.352 e. The molecule has 2 N–H and O–H groups in total. The molecule has 0 saturated heterocycles. The van der Waals surface area contributed by atoms with E-state index in [2.05, 4.69) is 16.8 Å². The van der Waals surface area contributed by atoms with Gasteiger partial charge < -0.3 is 14.9 Å². The lowest BCUT2D eigenvalue weighted by Gasteiger charge is -2.08. The summed E-state index contributed by atoms with van der Waals surface area (Å²) in [7, 11) is 0. The highest BCUT2D eigenvalue weighted by Crippen LogP contribution is 2.39. The minimum atomic E-state index is 0.0459. The largest absolute Gasteiger partial charge is 0.352 e. The molecule has 100 valence electrons. The van der Waals surface area contributed by atoms with E-state index in [9.17, 15) is 4.79 Å². The molecular formula is C15H19N3O. The number of aromatic nitrogens is 2. The summed E-state index contributed by atoms with van der Waals surface area (Å²) in [6.07, 6.45) is 8.49. The number of rotatable bonds is 5. The fraction of sp³-hybridized carbons (Fsp3) is 0.400. The van der Waals surface area contributed by atoms with Gasteiger partial charge in [0.15, 0.2) is 0 Å². The van der Waals surface area contributed by atoms with E-state index in [1.165, 1.54) is 18.4 Å². The van der Waals surface area contributed by atoms with Gasteiger partial charge in [-0.25, -0.2) is 0 Å². The molecule has 0 aromatic carbocycles. The Labute approximate surface area is 112 Å². The van der Waals surface area contributed by atoms with Crippen molar-refractivity contribution in [3.8, 4) is 0 Å². The highest BCUT2D eigenvalue weighted by atomic mass is 16.1. The summed E-state index contributed by atoms with van der Waals surface area (Å²) < 4.78 is 3.83. The quantitative estimate of drug-likeness (QED) is 0.887. The molecule has 4 nitrogen and oxygen atoms in total. The highest BCUT2D eigenvalue weighted by Gasteiger charge is 2.29. The molecule has 0 spiro atoms. The lowest BCUT2D eigenvalue weighted by molar-refractivity contribution is 0.563. The van der Waals surface area contributed by atoms with Crippen LogP contribution in [-0.4, -0.2) is 9.13 Å². The number of aryl methyl sites for hydroxylation is 2. The summed E-state index contributed by atoms with van der Waals surface area (Å²) in [6, 6.07) is 7.51. The molecule has 1 fully saturated rings. The van der Waals surface area contributed by atoms with Gasteiger partial charge >= 0.3 is 0 Å². The van der Waals surface area contributed by atoms with Crippen molar-refractivity contribution in [1.82, 2.24) is 9.13 Å². The second-order valence-corrected chi connectivity index (χ2v) is 5.28. The van der Waals surface area contributed by atoms with Crippen molar-refractivity contribution in [2.75, 3.05) is 0 Å². The van der Waals surface area contributed by atoms with Crippen molar-refractivity contribution in [1.29, 1.82) is 0 Å². The molecule has 3 rings (SSSR count). The number of pyridine rings is 1. The maximum atomic E-state index is 11.6. The lowest BCUT2D eigenvalue weighted by Crippen LogP contribution is -2.20. The third kappa shape index (κ3) is 2.79. The summed E-state index contributed by atoms with van der Waals surface area (Å²) in [5.74, 6) is 0.674. The summed E-state index contributed by atoms with van der Waals surface area (Å²) in [6.45, 7) is 1.48. The van der Waals surface area contributed by atoms with Gasteiger partial charge in [-0.3, -0.25) is 4.79 Å². The molecule has 0 radical (unpaired) electrons. The maximum absolute atomic E-state index is 11.6. The first-order valence-corrected chi connectivity index (χ1v) is 6.81. The molecule has 0 bridgehead atoms. The Hall–Kier alpha value is -1.81. The zero-order valence-electron chi connectivity index (χ0n) is 10.9. The Kier molecular flexibility index (Phi) is 3.25. The topological polar surface area (TPSA) is 52.9 Å². The molecule has 2 aromatic heterocycles. The van der Waals surface area contributed by atoms with Gasteiger partial charge in [-0.2, -0.15) is 0 Å². The monoisotopic (exact) mass is 257 g/mol. The van der Waals surface area contributed by atoms with Crippen LogP contribution in [0.1, 0.15) is 24.4 Å². The van der Waals surface area contributed by atoms with Crippen LogP contribution in [-0.2, 0) is 13.1 Å². The summed E-state index contributed by atoms with van der Waals surface area (Å²) in [5, 5.41) is 0. The van der Waals surface area contributed by atoms with Crippen molar-refractivity contribution in [3.05, 3.63) is 58.8 Å². The predicted molar refractivity (Wildman–Crippen MR) is 74.8 cm³/mol. The van der Waals surface area contributed by atoms with Crippen LogP contribution in [0.25, 0.3) is 0 Å². The summed E-state index contributed by atoms with van der Waals surface area (Å²) in [4.78, 5) is 11.6. The van der Waals surface area contributed by atoms with Gasteiger partial charge in [-0.15, -0.1) is 0 Å². The van der Waals surface area contributed by atoms with Gasteiger partial charge in [0.1, 0.15) is 0 Å². The number of hydrogen-bond donors (Lipinski definition) is 1. The van der Waals surface area contributed by atoms with E-state index in [-0.39, 0.29) is 11.6 Å². The van der Waals surface area contributed by atoms with Gasteiger partial charge in [0, 0.05) is 43.8 Å². The second kappa shape index (κ2) is 5.05. The molecule has 19 heavy (non-hydrogen) atoms. The van der Waals surface area contributed by atoms with Gasteiger partial charge in [0.05, 0.1) is 0 Å². The Balaban J connectivity index is 1.64. The molecule has 1 saturated carbocycles. The summed E-state index contributed by atoms with van der Waals surface area (Å²) in [5.41, 5.74) is 7.43. The molecule has 1 unspecified atom stereocenters. The molecule has 1 aliphatic carbocycles. The van der Waals surface area contributed by atoms with Gasteiger partial charge in [0.25, 0.3) is 5.56 Å². The van der Waals surface area contributed by atoms with Crippen molar-refractivity contribution in [2.24, 2.45) is 11.7 Å². The Morgan fingerprint density at radius 2 is 2.05 bits per heavy atom.